The van der Waals surface area contributed by atoms with E-state index in [-0.39, 0.29) is 10.6 Å². The van der Waals surface area contributed by atoms with Crippen LogP contribution in [0.2, 0.25) is 5.02 Å². The maximum atomic E-state index is 12.2. The highest BCUT2D eigenvalue weighted by molar-refractivity contribution is 6.33. The van der Waals surface area contributed by atoms with Gasteiger partial charge in [0.15, 0.2) is 6.61 Å². The zero-order chi connectivity index (χ0) is 19.1. The molecule has 2 aromatic carbocycles. The standard InChI is InChI=1S/C19H18ClNO5/c1-12(21-18(23)13-7-3-5-9-15(13)20)19(24)26-11-16(22)14-8-4-6-10-17(14)25-2/h3-10,12H,11H2,1-2H3,(H,21,23)/t12-/m0/s1. The lowest BCUT2D eigenvalue weighted by atomic mass is 10.1. The van der Waals surface area contributed by atoms with Gasteiger partial charge in [0.05, 0.1) is 23.3 Å². The number of amides is 1. The second kappa shape index (κ2) is 9.01. The van der Waals surface area contributed by atoms with Gasteiger partial charge in [-0.25, -0.2) is 4.79 Å². The maximum absolute atomic E-state index is 12.2. The van der Waals surface area contributed by atoms with Crippen LogP contribution in [0.25, 0.3) is 0 Å². The molecule has 2 aromatic rings. The molecule has 0 aliphatic rings. The summed E-state index contributed by atoms with van der Waals surface area (Å²) in [5.41, 5.74) is 0.564. The second-order valence-corrected chi connectivity index (χ2v) is 5.81. The van der Waals surface area contributed by atoms with Crippen LogP contribution < -0.4 is 10.1 Å². The highest BCUT2D eigenvalue weighted by atomic mass is 35.5. The van der Waals surface area contributed by atoms with E-state index >= 15 is 0 Å². The number of carbonyl (C=O) groups excluding carboxylic acids is 3. The lowest BCUT2D eigenvalue weighted by Gasteiger charge is -2.14. The van der Waals surface area contributed by atoms with Crippen LogP contribution in [0, 0.1) is 0 Å². The summed E-state index contributed by atoms with van der Waals surface area (Å²) in [7, 11) is 1.45. The Labute approximate surface area is 156 Å². The molecule has 0 radical (unpaired) electrons. The quantitative estimate of drug-likeness (QED) is 0.594. The van der Waals surface area contributed by atoms with Gasteiger partial charge >= 0.3 is 5.97 Å². The van der Waals surface area contributed by atoms with E-state index in [2.05, 4.69) is 5.32 Å². The van der Waals surface area contributed by atoms with Crippen molar-refractivity contribution in [2.24, 2.45) is 0 Å². The Morgan fingerprint density at radius 2 is 1.65 bits per heavy atom. The minimum Gasteiger partial charge on any atom is -0.496 e. The van der Waals surface area contributed by atoms with Gasteiger partial charge < -0.3 is 14.8 Å². The average molecular weight is 376 g/mol. The van der Waals surface area contributed by atoms with E-state index in [0.29, 0.717) is 11.3 Å². The third kappa shape index (κ3) is 4.83. The van der Waals surface area contributed by atoms with Gasteiger partial charge in [0, 0.05) is 0 Å². The molecule has 1 amide bonds. The van der Waals surface area contributed by atoms with Crippen LogP contribution in [0.4, 0.5) is 0 Å². The number of para-hydroxylation sites is 1. The molecule has 1 N–H and O–H groups in total. The van der Waals surface area contributed by atoms with Gasteiger partial charge in [-0.15, -0.1) is 0 Å². The zero-order valence-corrected chi connectivity index (χ0v) is 15.1. The summed E-state index contributed by atoms with van der Waals surface area (Å²) in [6.07, 6.45) is 0. The number of ketones is 1. The van der Waals surface area contributed by atoms with Crippen molar-refractivity contribution in [3.63, 3.8) is 0 Å². The summed E-state index contributed by atoms with van der Waals surface area (Å²) >= 11 is 5.95. The van der Waals surface area contributed by atoms with Crippen LogP contribution in [0.1, 0.15) is 27.6 Å². The number of methoxy groups -OCH3 is 1. The lowest BCUT2D eigenvalue weighted by Crippen LogP contribution is -2.40. The third-order valence-electron chi connectivity index (χ3n) is 3.57. The molecule has 1 atom stereocenters. The van der Waals surface area contributed by atoms with Crippen molar-refractivity contribution in [1.82, 2.24) is 5.32 Å². The molecule has 0 fully saturated rings. The SMILES string of the molecule is COc1ccccc1C(=O)COC(=O)[C@H](C)NC(=O)c1ccccc1Cl. The smallest absolute Gasteiger partial charge is 0.328 e. The van der Waals surface area contributed by atoms with Crippen molar-refractivity contribution in [3.8, 4) is 5.75 Å². The van der Waals surface area contributed by atoms with Crippen molar-refractivity contribution < 1.29 is 23.9 Å². The molecule has 6 nitrogen and oxygen atoms in total. The largest absolute Gasteiger partial charge is 0.496 e. The monoisotopic (exact) mass is 375 g/mol. The van der Waals surface area contributed by atoms with E-state index in [1.165, 1.54) is 14.0 Å². The molecule has 0 saturated carbocycles. The van der Waals surface area contributed by atoms with Gasteiger partial charge in [0.1, 0.15) is 11.8 Å². The van der Waals surface area contributed by atoms with Gasteiger partial charge in [-0.3, -0.25) is 9.59 Å². The normalized spacial score (nSPS) is 11.3. The lowest BCUT2D eigenvalue weighted by molar-refractivity contribution is -0.144. The first-order valence-corrected chi connectivity index (χ1v) is 8.20. The minimum atomic E-state index is -0.941. The van der Waals surface area contributed by atoms with Crippen LogP contribution in [0.3, 0.4) is 0 Å². The number of benzene rings is 2. The van der Waals surface area contributed by atoms with Gasteiger partial charge in [-0.1, -0.05) is 35.9 Å². The molecule has 136 valence electrons. The third-order valence-corrected chi connectivity index (χ3v) is 3.90. The number of Topliss-reactive ketones (excluding diaryl/α,β-unsaturated/α-hetero) is 1. The predicted molar refractivity (Wildman–Crippen MR) is 96.7 cm³/mol. The topological polar surface area (TPSA) is 81.7 Å². The summed E-state index contributed by atoms with van der Waals surface area (Å²) in [5, 5.41) is 2.76. The fraction of sp³-hybridized carbons (Fsp3) is 0.211. The first kappa shape index (κ1) is 19.5. The van der Waals surface area contributed by atoms with Crippen molar-refractivity contribution in [1.29, 1.82) is 0 Å². The van der Waals surface area contributed by atoms with Gasteiger partial charge in [-0.2, -0.15) is 0 Å². The van der Waals surface area contributed by atoms with Crippen LogP contribution in [-0.2, 0) is 9.53 Å². The average Bonchev–Trinajstić information content (AvgIpc) is 2.65. The Morgan fingerprint density at radius 1 is 1.04 bits per heavy atom. The molecule has 0 aliphatic carbocycles. The molecule has 0 saturated heterocycles. The first-order chi connectivity index (χ1) is 12.4. The summed E-state index contributed by atoms with van der Waals surface area (Å²) in [5.74, 6) is -1.24. The summed E-state index contributed by atoms with van der Waals surface area (Å²) in [6, 6.07) is 12.2. The number of esters is 1. The number of hydrogen-bond donors (Lipinski definition) is 1. The minimum absolute atomic E-state index is 0.249. The molecule has 26 heavy (non-hydrogen) atoms. The van der Waals surface area contributed by atoms with E-state index in [0.717, 1.165) is 0 Å². The number of nitrogens with one attached hydrogen (secondary N) is 1. The van der Waals surface area contributed by atoms with E-state index in [1.54, 1.807) is 48.5 Å². The molecule has 7 heteroatoms. The number of ether oxygens (including phenoxy) is 2. The molecule has 0 bridgehead atoms. The summed E-state index contributed by atoms with van der Waals surface area (Å²) < 4.78 is 10.1. The van der Waals surface area contributed by atoms with Gasteiger partial charge in [0.25, 0.3) is 5.91 Å². The number of rotatable bonds is 7. The van der Waals surface area contributed by atoms with Crippen LogP contribution in [-0.4, -0.2) is 37.4 Å². The number of halogens is 1. The molecular formula is C19H18ClNO5. The van der Waals surface area contributed by atoms with Crippen LogP contribution in [0.5, 0.6) is 5.75 Å². The molecule has 0 aromatic heterocycles. The first-order valence-electron chi connectivity index (χ1n) is 7.82. The number of hydrogen-bond acceptors (Lipinski definition) is 5. The summed E-state index contributed by atoms with van der Waals surface area (Å²) in [6.45, 7) is 1.01. The van der Waals surface area contributed by atoms with Crippen LogP contribution in [0.15, 0.2) is 48.5 Å². The Kier molecular flexibility index (Phi) is 6.74. The van der Waals surface area contributed by atoms with E-state index in [9.17, 15) is 14.4 Å². The predicted octanol–water partition coefficient (Wildman–Crippen LogP) is 2.89. The fourth-order valence-corrected chi connectivity index (χ4v) is 2.41. The van der Waals surface area contributed by atoms with Gasteiger partial charge in [-0.05, 0) is 31.2 Å². The Hall–Kier alpha value is -2.86. The zero-order valence-electron chi connectivity index (χ0n) is 14.3. The highest BCUT2D eigenvalue weighted by Crippen LogP contribution is 2.18. The molecule has 0 spiro atoms. The molecular weight excluding hydrogens is 358 g/mol. The Balaban J connectivity index is 1.92. The van der Waals surface area contributed by atoms with Crippen molar-refractivity contribution in [3.05, 3.63) is 64.7 Å². The molecule has 2 rings (SSSR count). The fourth-order valence-electron chi connectivity index (χ4n) is 2.19. The maximum Gasteiger partial charge on any atom is 0.328 e. The van der Waals surface area contributed by atoms with Crippen molar-refractivity contribution >= 4 is 29.3 Å². The number of carbonyl (C=O) groups is 3. The molecule has 0 heterocycles. The Bertz CT molecular complexity index is 821. The van der Waals surface area contributed by atoms with Crippen LogP contribution >= 0.6 is 11.6 Å². The molecule has 0 unspecified atom stereocenters. The van der Waals surface area contributed by atoms with Gasteiger partial charge in [0.2, 0.25) is 5.78 Å². The summed E-state index contributed by atoms with van der Waals surface area (Å²) in [4.78, 5) is 36.3. The van der Waals surface area contributed by atoms with Crippen molar-refractivity contribution in [2.45, 2.75) is 13.0 Å². The second-order valence-electron chi connectivity index (χ2n) is 5.41. The Morgan fingerprint density at radius 3 is 2.31 bits per heavy atom. The van der Waals surface area contributed by atoms with Crippen molar-refractivity contribution in [2.75, 3.05) is 13.7 Å². The van der Waals surface area contributed by atoms with E-state index in [4.69, 9.17) is 21.1 Å². The van der Waals surface area contributed by atoms with E-state index in [1.807, 2.05) is 0 Å². The van der Waals surface area contributed by atoms with E-state index < -0.39 is 30.3 Å². The highest BCUT2D eigenvalue weighted by Gasteiger charge is 2.21. The molecule has 0 aliphatic heterocycles.